The molecule has 0 aliphatic carbocycles. The molecule has 1 atom stereocenters. The van der Waals surface area contributed by atoms with E-state index in [-0.39, 0.29) is 11.9 Å². The lowest BCUT2D eigenvalue weighted by Crippen LogP contribution is -2.24. The molecule has 0 radical (unpaired) electrons. The predicted molar refractivity (Wildman–Crippen MR) is 86.2 cm³/mol. The highest BCUT2D eigenvalue weighted by molar-refractivity contribution is 9.10. The van der Waals surface area contributed by atoms with Crippen molar-refractivity contribution in [3.63, 3.8) is 0 Å². The van der Waals surface area contributed by atoms with Gasteiger partial charge in [0.2, 0.25) is 5.91 Å². The molecule has 2 aromatic carbocycles. The van der Waals surface area contributed by atoms with Crippen LogP contribution < -0.4 is 5.32 Å². The second kappa shape index (κ2) is 7.06. The van der Waals surface area contributed by atoms with Crippen LogP contribution in [0.25, 0.3) is 6.08 Å². The SMILES string of the molecule is C[C@H](NC(=O)/C=C/c1ccc(Br)cc1)c1ccccc1. The van der Waals surface area contributed by atoms with Crippen molar-refractivity contribution in [2.45, 2.75) is 13.0 Å². The van der Waals surface area contributed by atoms with Crippen molar-refractivity contribution < 1.29 is 4.79 Å². The summed E-state index contributed by atoms with van der Waals surface area (Å²) in [6.45, 7) is 1.97. The summed E-state index contributed by atoms with van der Waals surface area (Å²) in [7, 11) is 0. The van der Waals surface area contributed by atoms with E-state index in [1.165, 1.54) is 0 Å². The first-order valence-corrected chi connectivity index (χ1v) is 7.23. The summed E-state index contributed by atoms with van der Waals surface area (Å²) in [6, 6.07) is 17.7. The maximum atomic E-state index is 11.9. The Balaban J connectivity index is 1.94. The zero-order valence-corrected chi connectivity index (χ0v) is 12.8. The summed E-state index contributed by atoms with van der Waals surface area (Å²) in [5, 5.41) is 2.94. The minimum absolute atomic E-state index is 0.00160. The van der Waals surface area contributed by atoms with Crippen molar-refractivity contribution in [3.05, 3.63) is 76.3 Å². The molecule has 0 unspecified atom stereocenters. The van der Waals surface area contributed by atoms with E-state index >= 15 is 0 Å². The molecule has 0 spiro atoms. The fraction of sp³-hybridized carbons (Fsp3) is 0.118. The number of carbonyl (C=O) groups is 1. The molecule has 2 rings (SSSR count). The second-order valence-electron chi connectivity index (χ2n) is 4.53. The molecule has 0 bridgehead atoms. The van der Waals surface area contributed by atoms with Gasteiger partial charge >= 0.3 is 0 Å². The van der Waals surface area contributed by atoms with Gasteiger partial charge in [0.25, 0.3) is 0 Å². The van der Waals surface area contributed by atoms with Gasteiger partial charge in [-0.25, -0.2) is 0 Å². The third-order valence-corrected chi connectivity index (χ3v) is 3.48. The molecule has 2 nitrogen and oxygen atoms in total. The highest BCUT2D eigenvalue weighted by Gasteiger charge is 2.06. The topological polar surface area (TPSA) is 29.1 Å². The summed E-state index contributed by atoms with van der Waals surface area (Å²) >= 11 is 3.38. The third-order valence-electron chi connectivity index (χ3n) is 2.96. The Labute approximate surface area is 127 Å². The summed E-state index contributed by atoms with van der Waals surface area (Å²) in [5.41, 5.74) is 2.09. The van der Waals surface area contributed by atoms with Gasteiger partial charge in [0, 0.05) is 10.5 Å². The summed E-state index contributed by atoms with van der Waals surface area (Å²) in [5.74, 6) is -0.0933. The van der Waals surface area contributed by atoms with E-state index in [9.17, 15) is 4.79 Å². The normalized spacial score (nSPS) is 12.3. The molecule has 0 aliphatic rings. The molecule has 0 fully saturated rings. The molecule has 0 aromatic heterocycles. The van der Waals surface area contributed by atoms with Gasteiger partial charge in [0.05, 0.1) is 6.04 Å². The van der Waals surface area contributed by atoms with Gasteiger partial charge in [-0.15, -0.1) is 0 Å². The van der Waals surface area contributed by atoms with Crippen LogP contribution in [0.3, 0.4) is 0 Å². The molecule has 20 heavy (non-hydrogen) atoms. The molecular weight excluding hydrogens is 314 g/mol. The van der Waals surface area contributed by atoms with Crippen LogP contribution in [-0.4, -0.2) is 5.91 Å². The largest absolute Gasteiger partial charge is 0.346 e. The van der Waals surface area contributed by atoms with Gasteiger partial charge in [0.15, 0.2) is 0 Å². The molecule has 0 aliphatic heterocycles. The van der Waals surface area contributed by atoms with Crippen molar-refractivity contribution in [2.75, 3.05) is 0 Å². The van der Waals surface area contributed by atoms with Crippen LogP contribution in [0.15, 0.2) is 65.1 Å². The van der Waals surface area contributed by atoms with E-state index in [0.29, 0.717) is 0 Å². The Bertz CT molecular complexity index is 590. The first-order chi connectivity index (χ1) is 9.65. The van der Waals surface area contributed by atoms with E-state index < -0.39 is 0 Å². The van der Waals surface area contributed by atoms with Gasteiger partial charge in [-0.3, -0.25) is 4.79 Å². The Morgan fingerprint density at radius 1 is 1.10 bits per heavy atom. The van der Waals surface area contributed by atoms with Crippen molar-refractivity contribution in [1.82, 2.24) is 5.32 Å². The van der Waals surface area contributed by atoms with Crippen LogP contribution in [0, 0.1) is 0 Å². The van der Waals surface area contributed by atoms with Crippen molar-refractivity contribution in [2.24, 2.45) is 0 Å². The molecule has 1 amide bonds. The lowest BCUT2D eigenvalue weighted by Gasteiger charge is -2.12. The number of rotatable bonds is 4. The van der Waals surface area contributed by atoms with Gasteiger partial charge in [-0.2, -0.15) is 0 Å². The summed E-state index contributed by atoms with van der Waals surface area (Å²) in [4.78, 5) is 11.9. The quantitative estimate of drug-likeness (QED) is 0.830. The van der Waals surface area contributed by atoms with E-state index in [1.807, 2.05) is 61.5 Å². The Kier molecular flexibility index (Phi) is 5.13. The standard InChI is InChI=1S/C17H16BrNO/c1-13(15-5-3-2-4-6-15)19-17(20)12-9-14-7-10-16(18)11-8-14/h2-13H,1H3,(H,19,20)/b12-9+/t13-/m0/s1. The maximum Gasteiger partial charge on any atom is 0.244 e. The third kappa shape index (κ3) is 4.35. The van der Waals surface area contributed by atoms with E-state index in [1.54, 1.807) is 12.2 Å². The molecule has 0 saturated heterocycles. The number of halogens is 1. The van der Waals surface area contributed by atoms with Gasteiger partial charge in [-0.1, -0.05) is 58.4 Å². The number of nitrogens with one attached hydrogen (secondary N) is 1. The zero-order valence-electron chi connectivity index (χ0n) is 11.2. The monoisotopic (exact) mass is 329 g/mol. The van der Waals surface area contributed by atoms with E-state index in [2.05, 4.69) is 21.2 Å². The van der Waals surface area contributed by atoms with Crippen LogP contribution >= 0.6 is 15.9 Å². The lowest BCUT2D eigenvalue weighted by atomic mass is 10.1. The lowest BCUT2D eigenvalue weighted by molar-refractivity contribution is -0.117. The van der Waals surface area contributed by atoms with Crippen LogP contribution in [0.1, 0.15) is 24.1 Å². The van der Waals surface area contributed by atoms with Crippen molar-refractivity contribution in [3.8, 4) is 0 Å². The van der Waals surface area contributed by atoms with Gasteiger partial charge < -0.3 is 5.32 Å². The average molecular weight is 330 g/mol. The predicted octanol–water partition coefficient (Wildman–Crippen LogP) is 4.34. The second-order valence-corrected chi connectivity index (χ2v) is 5.44. The molecular formula is C17H16BrNO. The van der Waals surface area contributed by atoms with E-state index in [0.717, 1.165) is 15.6 Å². The average Bonchev–Trinajstić information content (AvgIpc) is 2.47. The van der Waals surface area contributed by atoms with Gasteiger partial charge in [0.1, 0.15) is 0 Å². The zero-order chi connectivity index (χ0) is 14.4. The first kappa shape index (κ1) is 14.5. The molecule has 0 saturated carbocycles. The van der Waals surface area contributed by atoms with Crippen LogP contribution in [0.4, 0.5) is 0 Å². The van der Waals surface area contributed by atoms with Gasteiger partial charge in [-0.05, 0) is 36.3 Å². The molecule has 3 heteroatoms. The van der Waals surface area contributed by atoms with E-state index in [4.69, 9.17) is 0 Å². The molecule has 1 N–H and O–H groups in total. The number of amides is 1. The minimum atomic E-state index is -0.0933. The van der Waals surface area contributed by atoms with Crippen LogP contribution in [0.5, 0.6) is 0 Å². The van der Waals surface area contributed by atoms with Crippen LogP contribution in [-0.2, 0) is 4.79 Å². The smallest absolute Gasteiger partial charge is 0.244 e. The van der Waals surface area contributed by atoms with Crippen LogP contribution in [0.2, 0.25) is 0 Å². The number of hydrogen-bond donors (Lipinski definition) is 1. The molecule has 2 aromatic rings. The van der Waals surface area contributed by atoms with Crippen molar-refractivity contribution in [1.29, 1.82) is 0 Å². The molecule has 0 heterocycles. The molecule has 102 valence electrons. The fourth-order valence-electron chi connectivity index (χ4n) is 1.83. The Morgan fingerprint density at radius 3 is 2.40 bits per heavy atom. The summed E-state index contributed by atoms with van der Waals surface area (Å²) in [6.07, 6.45) is 3.36. The number of benzene rings is 2. The highest BCUT2D eigenvalue weighted by Crippen LogP contribution is 2.12. The number of hydrogen-bond acceptors (Lipinski definition) is 1. The Morgan fingerprint density at radius 2 is 1.75 bits per heavy atom. The highest BCUT2D eigenvalue weighted by atomic mass is 79.9. The summed E-state index contributed by atoms with van der Waals surface area (Å²) < 4.78 is 1.02. The van der Waals surface area contributed by atoms with Crippen molar-refractivity contribution >= 4 is 27.9 Å². The number of carbonyl (C=O) groups excluding carboxylic acids is 1. The fourth-order valence-corrected chi connectivity index (χ4v) is 2.10. The Hall–Kier alpha value is -1.87. The maximum absolute atomic E-state index is 11.9. The minimum Gasteiger partial charge on any atom is -0.346 e. The first-order valence-electron chi connectivity index (χ1n) is 6.44.